The fourth-order valence-corrected chi connectivity index (χ4v) is 1.76. The molecule has 1 heterocycles. The molecule has 21 heavy (non-hydrogen) atoms. The number of aryl methyl sites for hydroxylation is 1. The van der Waals surface area contributed by atoms with E-state index in [9.17, 15) is 4.79 Å². The number of carbonyl (C=O) groups excluding carboxylic acids is 1. The highest BCUT2D eigenvalue weighted by Gasteiger charge is 2.05. The van der Waals surface area contributed by atoms with Gasteiger partial charge >= 0.3 is 0 Å². The summed E-state index contributed by atoms with van der Waals surface area (Å²) in [5.41, 5.74) is 6.06. The molecule has 5 nitrogen and oxygen atoms in total. The van der Waals surface area contributed by atoms with Crippen LogP contribution in [0.4, 0.5) is 5.69 Å². The van der Waals surface area contributed by atoms with Gasteiger partial charge in [-0.15, -0.1) is 0 Å². The van der Waals surface area contributed by atoms with Gasteiger partial charge in [-0.2, -0.15) is 0 Å². The molecule has 1 amide bonds. The molecule has 0 fully saturated rings. The van der Waals surface area contributed by atoms with Gasteiger partial charge in [0.15, 0.2) is 0 Å². The Hall–Kier alpha value is -2.34. The smallest absolute Gasteiger partial charge is 0.224 e. The summed E-state index contributed by atoms with van der Waals surface area (Å²) < 4.78 is 10.5. The van der Waals surface area contributed by atoms with Crippen molar-refractivity contribution in [2.75, 3.05) is 11.9 Å². The first-order chi connectivity index (χ1) is 10.1. The third-order valence-electron chi connectivity index (χ3n) is 2.70. The predicted octanol–water partition coefficient (Wildman–Crippen LogP) is 2.52. The van der Waals surface area contributed by atoms with Crippen molar-refractivity contribution in [1.82, 2.24) is 0 Å². The van der Waals surface area contributed by atoms with E-state index < -0.39 is 0 Å². The number of furan rings is 1. The number of amides is 1. The Bertz CT molecular complexity index is 594. The quantitative estimate of drug-likeness (QED) is 0.769. The monoisotopic (exact) mass is 304 g/mol. The molecule has 0 aliphatic carbocycles. The molecule has 0 radical (unpaired) electrons. The lowest BCUT2D eigenvalue weighted by atomic mass is 10.2. The number of hydrogen-bond donors (Lipinski definition) is 2. The molecule has 2 rings (SSSR count). The van der Waals surface area contributed by atoms with Gasteiger partial charge in [0.05, 0.1) is 6.26 Å². The Morgan fingerprint density at radius 1 is 1.29 bits per heavy atom. The SMILES string of the molecule is NC(=S)COc1ccc(NC(=O)CCc2ccco2)cc1. The predicted molar refractivity (Wildman–Crippen MR) is 84.4 cm³/mol. The molecule has 1 aromatic carbocycles. The van der Waals surface area contributed by atoms with Crippen LogP contribution in [0.15, 0.2) is 47.1 Å². The third-order valence-corrected chi connectivity index (χ3v) is 2.82. The van der Waals surface area contributed by atoms with Crippen LogP contribution in [-0.4, -0.2) is 17.5 Å². The lowest BCUT2D eigenvalue weighted by Gasteiger charge is -2.07. The van der Waals surface area contributed by atoms with Gasteiger partial charge < -0.3 is 20.2 Å². The Morgan fingerprint density at radius 2 is 2.05 bits per heavy atom. The minimum absolute atomic E-state index is 0.0665. The minimum atomic E-state index is -0.0665. The van der Waals surface area contributed by atoms with Gasteiger partial charge in [0.1, 0.15) is 23.1 Å². The van der Waals surface area contributed by atoms with Crippen LogP contribution in [0.5, 0.6) is 5.75 Å². The zero-order chi connectivity index (χ0) is 15.1. The molecule has 0 saturated carbocycles. The van der Waals surface area contributed by atoms with Crippen molar-refractivity contribution in [3.05, 3.63) is 48.4 Å². The fourth-order valence-electron chi connectivity index (χ4n) is 1.70. The van der Waals surface area contributed by atoms with E-state index >= 15 is 0 Å². The summed E-state index contributed by atoms with van der Waals surface area (Å²) in [4.78, 5) is 12.1. The molecule has 0 aliphatic heterocycles. The summed E-state index contributed by atoms with van der Waals surface area (Å²) in [6, 6.07) is 10.7. The molecular formula is C15H16N2O3S. The van der Waals surface area contributed by atoms with Crippen LogP contribution in [0.1, 0.15) is 12.2 Å². The van der Waals surface area contributed by atoms with E-state index in [1.54, 1.807) is 36.6 Å². The summed E-state index contributed by atoms with van der Waals surface area (Å²) in [6.45, 7) is 0.199. The number of ether oxygens (including phenoxy) is 1. The van der Waals surface area contributed by atoms with Gasteiger partial charge in [0.25, 0.3) is 0 Å². The van der Waals surface area contributed by atoms with Crippen LogP contribution in [0.3, 0.4) is 0 Å². The lowest BCUT2D eigenvalue weighted by molar-refractivity contribution is -0.116. The zero-order valence-corrected chi connectivity index (χ0v) is 12.2. The highest BCUT2D eigenvalue weighted by Crippen LogP contribution is 2.16. The zero-order valence-electron chi connectivity index (χ0n) is 11.4. The van der Waals surface area contributed by atoms with Crippen molar-refractivity contribution < 1.29 is 13.9 Å². The van der Waals surface area contributed by atoms with Crippen molar-refractivity contribution in [3.8, 4) is 5.75 Å². The average molecular weight is 304 g/mol. The van der Waals surface area contributed by atoms with Crippen molar-refractivity contribution >= 4 is 28.8 Å². The van der Waals surface area contributed by atoms with Crippen LogP contribution in [0, 0.1) is 0 Å². The first kappa shape index (κ1) is 15.1. The molecule has 0 bridgehead atoms. The van der Waals surface area contributed by atoms with Crippen LogP contribution in [0.2, 0.25) is 0 Å². The van der Waals surface area contributed by atoms with Gasteiger partial charge in [-0.1, -0.05) is 12.2 Å². The normalized spacial score (nSPS) is 10.1. The molecule has 6 heteroatoms. The Labute approximate surface area is 128 Å². The van der Waals surface area contributed by atoms with E-state index in [0.717, 1.165) is 5.76 Å². The van der Waals surface area contributed by atoms with Crippen molar-refractivity contribution in [2.24, 2.45) is 5.73 Å². The summed E-state index contributed by atoms with van der Waals surface area (Å²) in [6.07, 6.45) is 2.54. The minimum Gasteiger partial charge on any atom is -0.487 e. The second kappa shape index (κ2) is 7.44. The first-order valence-electron chi connectivity index (χ1n) is 6.47. The molecule has 0 atom stereocenters. The number of rotatable bonds is 7. The molecule has 0 saturated heterocycles. The summed E-state index contributed by atoms with van der Waals surface area (Å²) in [5, 5.41) is 2.81. The lowest BCUT2D eigenvalue weighted by Crippen LogP contribution is -2.17. The van der Waals surface area contributed by atoms with E-state index in [0.29, 0.717) is 29.3 Å². The molecule has 3 N–H and O–H groups in total. The first-order valence-corrected chi connectivity index (χ1v) is 6.88. The summed E-state index contributed by atoms with van der Waals surface area (Å²) in [5.74, 6) is 1.38. The topological polar surface area (TPSA) is 77.5 Å². The highest BCUT2D eigenvalue weighted by molar-refractivity contribution is 7.80. The Morgan fingerprint density at radius 3 is 2.67 bits per heavy atom. The van der Waals surface area contributed by atoms with E-state index in [1.165, 1.54) is 0 Å². The Balaban J connectivity index is 1.79. The number of carbonyl (C=O) groups is 1. The van der Waals surface area contributed by atoms with Crippen molar-refractivity contribution in [3.63, 3.8) is 0 Å². The summed E-state index contributed by atoms with van der Waals surface area (Å²) >= 11 is 4.73. The molecule has 0 spiro atoms. The molecular weight excluding hydrogens is 288 g/mol. The van der Waals surface area contributed by atoms with Crippen molar-refractivity contribution in [2.45, 2.75) is 12.8 Å². The van der Waals surface area contributed by atoms with Crippen LogP contribution < -0.4 is 15.8 Å². The van der Waals surface area contributed by atoms with Crippen molar-refractivity contribution in [1.29, 1.82) is 0 Å². The second-order valence-electron chi connectivity index (χ2n) is 4.41. The Kier molecular flexibility index (Phi) is 5.34. The molecule has 0 unspecified atom stereocenters. The number of anilines is 1. The van der Waals surface area contributed by atoms with Gasteiger partial charge in [-0.25, -0.2) is 0 Å². The molecule has 110 valence electrons. The summed E-state index contributed by atoms with van der Waals surface area (Å²) in [7, 11) is 0. The maximum atomic E-state index is 11.8. The van der Waals surface area contributed by atoms with Crippen LogP contribution in [-0.2, 0) is 11.2 Å². The van der Waals surface area contributed by atoms with Gasteiger partial charge in [-0.3, -0.25) is 4.79 Å². The second-order valence-corrected chi connectivity index (χ2v) is 4.93. The van der Waals surface area contributed by atoms with E-state index in [1.807, 2.05) is 6.07 Å². The number of hydrogen-bond acceptors (Lipinski definition) is 4. The molecule has 2 aromatic rings. The largest absolute Gasteiger partial charge is 0.487 e. The number of nitrogens with one attached hydrogen (secondary N) is 1. The highest BCUT2D eigenvalue weighted by atomic mass is 32.1. The van der Waals surface area contributed by atoms with E-state index in [4.69, 9.17) is 27.1 Å². The molecule has 1 aromatic heterocycles. The fraction of sp³-hybridized carbons (Fsp3) is 0.200. The maximum absolute atomic E-state index is 11.8. The van der Waals surface area contributed by atoms with Gasteiger partial charge in [0.2, 0.25) is 5.91 Å². The number of nitrogens with two attached hydrogens (primary N) is 1. The van der Waals surface area contributed by atoms with Crippen LogP contribution >= 0.6 is 12.2 Å². The maximum Gasteiger partial charge on any atom is 0.224 e. The van der Waals surface area contributed by atoms with E-state index in [-0.39, 0.29) is 12.5 Å². The molecule has 0 aliphatic rings. The van der Waals surface area contributed by atoms with Gasteiger partial charge in [-0.05, 0) is 36.4 Å². The number of thiocarbonyl (C=S) groups is 1. The van der Waals surface area contributed by atoms with Gasteiger partial charge in [0, 0.05) is 18.5 Å². The third kappa shape index (κ3) is 5.27. The van der Waals surface area contributed by atoms with Crippen LogP contribution in [0.25, 0.3) is 0 Å². The standard InChI is InChI=1S/C15H16N2O3S/c16-14(21)10-20-13-5-3-11(4-6-13)17-15(18)8-7-12-2-1-9-19-12/h1-6,9H,7-8,10H2,(H2,16,21)(H,17,18). The van der Waals surface area contributed by atoms with E-state index in [2.05, 4.69) is 5.32 Å². The number of benzene rings is 1. The average Bonchev–Trinajstić information content (AvgIpc) is 2.98.